The summed E-state index contributed by atoms with van der Waals surface area (Å²) < 4.78 is 5.02. The third kappa shape index (κ3) is 3.90. The number of hydrogen-bond acceptors (Lipinski definition) is 3. The molecule has 1 N–H and O–H groups in total. The summed E-state index contributed by atoms with van der Waals surface area (Å²) in [6, 6.07) is 7.06. The Bertz CT molecular complexity index is 333. The average Bonchev–Trinajstić information content (AvgIpc) is 2.28. The molecule has 0 saturated carbocycles. The van der Waals surface area contributed by atoms with Crippen LogP contribution in [-0.2, 0) is 0 Å². The van der Waals surface area contributed by atoms with Crippen LogP contribution in [0.1, 0.15) is 10.4 Å². The van der Waals surface area contributed by atoms with E-state index in [0.29, 0.717) is 12.1 Å². The maximum atomic E-state index is 11.7. The number of rotatable bonds is 5. The highest BCUT2D eigenvalue weighted by atomic mass is 16.5. The highest BCUT2D eigenvalue weighted by Gasteiger charge is 2.04. The number of hydrogen-bond donors (Lipinski definition) is 1. The SMILES string of the molecule is COc1ccc(C(=O)NCCN(C)C)cc1. The van der Waals surface area contributed by atoms with Gasteiger partial charge in [-0.2, -0.15) is 0 Å². The summed E-state index contributed by atoms with van der Waals surface area (Å²) in [6.45, 7) is 1.49. The van der Waals surface area contributed by atoms with Crippen LogP contribution < -0.4 is 10.1 Å². The van der Waals surface area contributed by atoms with E-state index in [1.807, 2.05) is 19.0 Å². The maximum absolute atomic E-state index is 11.7. The fourth-order valence-corrected chi connectivity index (χ4v) is 1.24. The molecule has 0 spiro atoms. The Hall–Kier alpha value is -1.55. The number of carbonyl (C=O) groups excluding carboxylic acids is 1. The lowest BCUT2D eigenvalue weighted by molar-refractivity contribution is 0.0951. The fraction of sp³-hybridized carbons (Fsp3) is 0.417. The van der Waals surface area contributed by atoms with E-state index in [9.17, 15) is 4.79 Å². The number of methoxy groups -OCH3 is 1. The first-order valence-electron chi connectivity index (χ1n) is 5.20. The second-order valence-corrected chi connectivity index (χ2v) is 3.79. The van der Waals surface area contributed by atoms with E-state index in [4.69, 9.17) is 4.74 Å². The van der Waals surface area contributed by atoms with E-state index < -0.39 is 0 Å². The van der Waals surface area contributed by atoms with Gasteiger partial charge in [0.05, 0.1) is 7.11 Å². The van der Waals surface area contributed by atoms with Crippen molar-refractivity contribution in [2.24, 2.45) is 0 Å². The number of nitrogens with one attached hydrogen (secondary N) is 1. The molecule has 4 nitrogen and oxygen atoms in total. The monoisotopic (exact) mass is 222 g/mol. The molecule has 0 aliphatic heterocycles. The standard InChI is InChI=1S/C12H18N2O2/c1-14(2)9-8-13-12(15)10-4-6-11(16-3)7-5-10/h4-7H,8-9H2,1-3H3,(H,13,15). The van der Waals surface area contributed by atoms with Gasteiger partial charge >= 0.3 is 0 Å². The first-order chi connectivity index (χ1) is 7.63. The predicted octanol–water partition coefficient (Wildman–Crippen LogP) is 0.987. The molecule has 0 aliphatic rings. The van der Waals surface area contributed by atoms with Gasteiger partial charge in [-0.05, 0) is 38.4 Å². The molecule has 0 fully saturated rings. The van der Waals surface area contributed by atoms with Gasteiger partial charge in [0.2, 0.25) is 0 Å². The Morgan fingerprint density at radius 1 is 1.31 bits per heavy atom. The number of ether oxygens (including phenoxy) is 1. The van der Waals surface area contributed by atoms with Crippen LogP contribution in [0.25, 0.3) is 0 Å². The largest absolute Gasteiger partial charge is 0.497 e. The molecule has 0 unspecified atom stereocenters. The van der Waals surface area contributed by atoms with Crippen molar-refractivity contribution in [3.63, 3.8) is 0 Å². The summed E-state index contributed by atoms with van der Waals surface area (Å²) in [6.07, 6.45) is 0. The van der Waals surface area contributed by atoms with Crippen LogP contribution in [0.4, 0.5) is 0 Å². The number of nitrogens with zero attached hydrogens (tertiary/aromatic N) is 1. The van der Waals surface area contributed by atoms with Crippen molar-refractivity contribution in [3.8, 4) is 5.75 Å². The molecule has 1 amide bonds. The normalized spacial score (nSPS) is 10.2. The lowest BCUT2D eigenvalue weighted by atomic mass is 10.2. The van der Waals surface area contributed by atoms with Crippen molar-refractivity contribution in [3.05, 3.63) is 29.8 Å². The Morgan fingerprint density at radius 2 is 1.94 bits per heavy atom. The summed E-state index contributed by atoms with van der Waals surface area (Å²) in [7, 11) is 5.55. The Morgan fingerprint density at radius 3 is 2.44 bits per heavy atom. The zero-order valence-corrected chi connectivity index (χ0v) is 9.99. The van der Waals surface area contributed by atoms with Crippen LogP contribution in [0.2, 0.25) is 0 Å². The van der Waals surface area contributed by atoms with Crippen LogP contribution in [0, 0.1) is 0 Å². The highest BCUT2D eigenvalue weighted by Crippen LogP contribution is 2.10. The molecule has 1 aromatic rings. The highest BCUT2D eigenvalue weighted by molar-refractivity contribution is 5.94. The summed E-state index contributed by atoms with van der Waals surface area (Å²) in [4.78, 5) is 13.7. The molecule has 4 heteroatoms. The van der Waals surface area contributed by atoms with Gasteiger partial charge in [-0.15, -0.1) is 0 Å². The van der Waals surface area contributed by atoms with Crippen LogP contribution in [0.15, 0.2) is 24.3 Å². The van der Waals surface area contributed by atoms with Crippen molar-refractivity contribution in [1.82, 2.24) is 10.2 Å². The molecule has 88 valence electrons. The topological polar surface area (TPSA) is 41.6 Å². The van der Waals surface area contributed by atoms with Gasteiger partial charge in [-0.3, -0.25) is 4.79 Å². The van der Waals surface area contributed by atoms with Gasteiger partial charge in [0.15, 0.2) is 0 Å². The van der Waals surface area contributed by atoms with Crippen LogP contribution in [0.5, 0.6) is 5.75 Å². The van der Waals surface area contributed by atoms with Crippen LogP contribution in [0.3, 0.4) is 0 Å². The van der Waals surface area contributed by atoms with Gasteiger partial charge < -0.3 is 15.0 Å². The minimum atomic E-state index is -0.0514. The van der Waals surface area contributed by atoms with Gasteiger partial charge in [0, 0.05) is 18.7 Å². The molecule has 0 atom stereocenters. The van der Waals surface area contributed by atoms with E-state index in [-0.39, 0.29) is 5.91 Å². The fourth-order valence-electron chi connectivity index (χ4n) is 1.24. The Labute approximate surface area is 96.2 Å². The summed E-state index contributed by atoms with van der Waals surface area (Å²) >= 11 is 0. The van der Waals surface area contributed by atoms with E-state index in [1.165, 1.54) is 0 Å². The zero-order valence-electron chi connectivity index (χ0n) is 9.99. The van der Waals surface area contributed by atoms with E-state index >= 15 is 0 Å². The van der Waals surface area contributed by atoms with Gasteiger partial charge in [0.1, 0.15) is 5.75 Å². The predicted molar refractivity (Wildman–Crippen MR) is 63.9 cm³/mol. The molecule has 0 saturated heterocycles. The van der Waals surface area contributed by atoms with Crippen LogP contribution >= 0.6 is 0 Å². The summed E-state index contributed by atoms with van der Waals surface area (Å²) in [5.41, 5.74) is 0.652. The number of likely N-dealkylation sites (N-methyl/N-ethyl adjacent to an activating group) is 1. The second-order valence-electron chi connectivity index (χ2n) is 3.79. The smallest absolute Gasteiger partial charge is 0.251 e. The van der Waals surface area contributed by atoms with Crippen molar-refractivity contribution >= 4 is 5.91 Å². The van der Waals surface area contributed by atoms with Gasteiger partial charge in [-0.1, -0.05) is 0 Å². The van der Waals surface area contributed by atoms with E-state index in [1.54, 1.807) is 31.4 Å². The minimum absolute atomic E-state index is 0.0514. The lowest BCUT2D eigenvalue weighted by Crippen LogP contribution is -2.31. The van der Waals surface area contributed by atoms with Crippen molar-refractivity contribution in [1.29, 1.82) is 0 Å². The molecule has 0 aliphatic carbocycles. The van der Waals surface area contributed by atoms with Crippen molar-refractivity contribution in [2.75, 3.05) is 34.3 Å². The van der Waals surface area contributed by atoms with Gasteiger partial charge in [0.25, 0.3) is 5.91 Å². The first kappa shape index (κ1) is 12.5. The van der Waals surface area contributed by atoms with Crippen molar-refractivity contribution < 1.29 is 9.53 Å². The lowest BCUT2D eigenvalue weighted by Gasteiger charge is -2.10. The number of amides is 1. The molecule has 1 aromatic carbocycles. The molecule has 0 radical (unpaired) electrons. The van der Waals surface area contributed by atoms with Crippen molar-refractivity contribution in [2.45, 2.75) is 0 Å². The quantitative estimate of drug-likeness (QED) is 0.807. The first-order valence-corrected chi connectivity index (χ1v) is 5.20. The summed E-state index contributed by atoms with van der Waals surface area (Å²) in [5.74, 6) is 0.703. The zero-order chi connectivity index (χ0) is 12.0. The average molecular weight is 222 g/mol. The maximum Gasteiger partial charge on any atom is 0.251 e. The third-order valence-electron chi connectivity index (χ3n) is 2.20. The molecular weight excluding hydrogens is 204 g/mol. The van der Waals surface area contributed by atoms with Crippen LogP contribution in [-0.4, -0.2) is 45.1 Å². The molecule has 0 aromatic heterocycles. The third-order valence-corrected chi connectivity index (χ3v) is 2.20. The Kier molecular flexibility index (Phi) is 4.79. The summed E-state index contributed by atoms with van der Waals surface area (Å²) in [5, 5.41) is 2.85. The Balaban J connectivity index is 2.46. The number of benzene rings is 1. The number of carbonyl (C=O) groups is 1. The molecular formula is C12H18N2O2. The van der Waals surface area contributed by atoms with Gasteiger partial charge in [-0.25, -0.2) is 0 Å². The van der Waals surface area contributed by atoms with E-state index in [2.05, 4.69) is 5.32 Å². The minimum Gasteiger partial charge on any atom is -0.497 e. The molecule has 0 heterocycles. The molecule has 16 heavy (non-hydrogen) atoms. The molecule has 1 rings (SSSR count). The second kappa shape index (κ2) is 6.12. The van der Waals surface area contributed by atoms with E-state index in [0.717, 1.165) is 12.3 Å². The molecule has 0 bridgehead atoms.